The van der Waals surface area contributed by atoms with E-state index >= 15 is 0 Å². The predicted octanol–water partition coefficient (Wildman–Crippen LogP) is 5.07. The molecule has 0 radical (unpaired) electrons. The van der Waals surface area contributed by atoms with Gasteiger partial charge in [0.15, 0.2) is 0 Å². The fraction of sp³-hybridized carbons (Fsp3) is 0.294. The highest BCUT2D eigenvalue weighted by molar-refractivity contribution is 6.42. The van der Waals surface area contributed by atoms with Crippen molar-refractivity contribution in [2.24, 2.45) is 0 Å². The third kappa shape index (κ3) is 4.63. The first-order chi connectivity index (χ1) is 10.2. The molecule has 0 spiro atoms. The van der Waals surface area contributed by atoms with Crippen LogP contribution in [0.4, 0.5) is 0 Å². The molecule has 0 bridgehead atoms. The summed E-state index contributed by atoms with van der Waals surface area (Å²) in [5.74, 6) is 0.612. The van der Waals surface area contributed by atoms with Gasteiger partial charge in [0.2, 0.25) is 0 Å². The molecule has 0 aliphatic heterocycles. The summed E-state index contributed by atoms with van der Waals surface area (Å²) < 4.78 is 5.81. The maximum atomic E-state index is 6.13. The molecule has 2 aromatic carbocycles. The van der Waals surface area contributed by atoms with Gasteiger partial charge in [0.25, 0.3) is 0 Å². The third-order valence-electron chi connectivity index (χ3n) is 3.16. The first-order valence-electron chi connectivity index (χ1n) is 7.06. The Morgan fingerprint density at radius 3 is 2.52 bits per heavy atom. The minimum absolute atomic E-state index is 0.459. The molecule has 4 heteroatoms. The molecule has 0 aliphatic rings. The van der Waals surface area contributed by atoms with Gasteiger partial charge in [0, 0.05) is 6.54 Å². The highest BCUT2D eigenvalue weighted by atomic mass is 35.5. The third-order valence-corrected chi connectivity index (χ3v) is 3.96. The largest absolute Gasteiger partial charge is 0.487 e. The molecule has 2 aromatic rings. The Bertz CT molecular complexity index is 587. The number of hydrogen-bond acceptors (Lipinski definition) is 2. The maximum absolute atomic E-state index is 6.13. The molecule has 0 atom stereocenters. The lowest BCUT2D eigenvalue weighted by Gasteiger charge is -2.13. The molecule has 2 rings (SSSR count). The fourth-order valence-electron chi connectivity index (χ4n) is 2.02. The van der Waals surface area contributed by atoms with Crippen molar-refractivity contribution in [3.05, 3.63) is 63.6 Å². The van der Waals surface area contributed by atoms with Gasteiger partial charge in [-0.25, -0.2) is 0 Å². The van der Waals surface area contributed by atoms with Crippen LogP contribution >= 0.6 is 23.2 Å². The molecule has 0 fully saturated rings. The Hall–Kier alpha value is -1.22. The summed E-state index contributed by atoms with van der Waals surface area (Å²) in [7, 11) is 0. The Kier molecular flexibility index (Phi) is 6.37. The van der Waals surface area contributed by atoms with Crippen molar-refractivity contribution in [2.45, 2.75) is 26.5 Å². The number of benzene rings is 2. The highest BCUT2D eigenvalue weighted by Crippen LogP contribution is 2.32. The van der Waals surface area contributed by atoms with E-state index in [1.165, 1.54) is 5.56 Å². The van der Waals surface area contributed by atoms with Gasteiger partial charge in [-0.1, -0.05) is 60.5 Å². The lowest BCUT2D eigenvalue weighted by molar-refractivity contribution is 0.305. The molecule has 1 N–H and O–H groups in total. The molecule has 0 heterocycles. The molecule has 0 saturated carbocycles. The number of ether oxygens (including phenoxy) is 1. The van der Waals surface area contributed by atoms with Crippen molar-refractivity contribution in [1.29, 1.82) is 0 Å². The summed E-state index contributed by atoms with van der Waals surface area (Å²) in [4.78, 5) is 0. The van der Waals surface area contributed by atoms with Gasteiger partial charge >= 0.3 is 0 Å². The lowest BCUT2D eigenvalue weighted by atomic mass is 10.1. The van der Waals surface area contributed by atoms with E-state index in [0.29, 0.717) is 22.4 Å². The van der Waals surface area contributed by atoms with Crippen LogP contribution in [0.25, 0.3) is 0 Å². The predicted molar refractivity (Wildman–Crippen MR) is 89.2 cm³/mol. The molecule has 0 unspecified atom stereocenters. The number of halogens is 2. The molecule has 2 nitrogen and oxygen atoms in total. The van der Waals surface area contributed by atoms with Crippen LogP contribution in [0, 0.1) is 0 Å². The van der Waals surface area contributed by atoms with Crippen LogP contribution in [0.3, 0.4) is 0 Å². The van der Waals surface area contributed by atoms with Crippen LogP contribution < -0.4 is 10.1 Å². The van der Waals surface area contributed by atoms with Crippen LogP contribution in [-0.4, -0.2) is 6.54 Å². The zero-order valence-electron chi connectivity index (χ0n) is 12.0. The first kappa shape index (κ1) is 16.2. The second-order valence-electron chi connectivity index (χ2n) is 4.79. The summed E-state index contributed by atoms with van der Waals surface area (Å²) in [6.45, 7) is 4.49. The zero-order valence-corrected chi connectivity index (χ0v) is 13.5. The van der Waals surface area contributed by atoms with Crippen molar-refractivity contribution < 1.29 is 4.74 Å². The van der Waals surface area contributed by atoms with Gasteiger partial charge in [0.05, 0.1) is 5.02 Å². The van der Waals surface area contributed by atoms with Crippen molar-refractivity contribution in [1.82, 2.24) is 5.32 Å². The van der Waals surface area contributed by atoms with E-state index in [2.05, 4.69) is 24.4 Å². The summed E-state index contributed by atoms with van der Waals surface area (Å²) in [6, 6.07) is 13.6. The van der Waals surface area contributed by atoms with Gasteiger partial charge in [-0.15, -0.1) is 0 Å². The summed E-state index contributed by atoms with van der Waals surface area (Å²) >= 11 is 12.1. The van der Waals surface area contributed by atoms with Gasteiger partial charge in [-0.05, 0) is 36.2 Å². The van der Waals surface area contributed by atoms with E-state index in [9.17, 15) is 0 Å². The number of nitrogens with one attached hydrogen (secondary N) is 1. The monoisotopic (exact) mass is 323 g/mol. The minimum atomic E-state index is 0.459. The van der Waals surface area contributed by atoms with Gasteiger partial charge in [-0.3, -0.25) is 0 Å². The molecule has 21 heavy (non-hydrogen) atoms. The van der Waals surface area contributed by atoms with E-state index in [4.69, 9.17) is 27.9 Å². The van der Waals surface area contributed by atoms with E-state index in [-0.39, 0.29) is 0 Å². The van der Waals surface area contributed by atoms with E-state index < -0.39 is 0 Å². The lowest BCUT2D eigenvalue weighted by Crippen LogP contribution is -2.15. The minimum Gasteiger partial charge on any atom is -0.487 e. The summed E-state index contributed by atoms with van der Waals surface area (Å²) in [5, 5.41) is 4.37. The van der Waals surface area contributed by atoms with Gasteiger partial charge < -0.3 is 10.1 Å². The Morgan fingerprint density at radius 2 is 1.76 bits per heavy atom. The van der Waals surface area contributed by atoms with E-state index in [1.807, 2.05) is 24.3 Å². The molecule has 0 saturated heterocycles. The Morgan fingerprint density at radius 1 is 1.00 bits per heavy atom. The van der Waals surface area contributed by atoms with E-state index in [1.54, 1.807) is 6.07 Å². The molecule has 112 valence electrons. The average molecular weight is 324 g/mol. The summed E-state index contributed by atoms with van der Waals surface area (Å²) in [6.07, 6.45) is 1.12. The molecule has 0 aromatic heterocycles. The maximum Gasteiger partial charge on any atom is 0.139 e. The molecule has 0 aliphatic carbocycles. The second-order valence-corrected chi connectivity index (χ2v) is 5.57. The van der Waals surface area contributed by atoms with Crippen molar-refractivity contribution in [2.75, 3.05) is 6.54 Å². The standard InChI is InChI=1S/C17H19Cl2NO/c1-2-10-20-11-13-6-3-4-7-14(13)12-21-16-9-5-8-15(18)17(16)19/h3-9,20H,2,10-12H2,1H3. The van der Waals surface area contributed by atoms with Crippen LogP contribution in [0.1, 0.15) is 24.5 Å². The number of hydrogen-bond donors (Lipinski definition) is 1. The Labute approximate surface area is 136 Å². The van der Waals surface area contributed by atoms with Crippen molar-refractivity contribution in [3.8, 4) is 5.75 Å². The van der Waals surface area contributed by atoms with Crippen LogP contribution in [0.2, 0.25) is 10.0 Å². The van der Waals surface area contributed by atoms with Gasteiger partial charge in [-0.2, -0.15) is 0 Å². The quantitative estimate of drug-likeness (QED) is 0.718. The normalized spacial score (nSPS) is 10.6. The van der Waals surface area contributed by atoms with Crippen molar-refractivity contribution in [3.63, 3.8) is 0 Å². The Balaban J connectivity index is 2.04. The zero-order chi connectivity index (χ0) is 15.1. The fourth-order valence-corrected chi connectivity index (χ4v) is 2.37. The van der Waals surface area contributed by atoms with Crippen LogP contribution in [0.15, 0.2) is 42.5 Å². The topological polar surface area (TPSA) is 21.3 Å². The van der Waals surface area contributed by atoms with Crippen molar-refractivity contribution >= 4 is 23.2 Å². The smallest absolute Gasteiger partial charge is 0.139 e. The SMILES string of the molecule is CCCNCc1ccccc1COc1cccc(Cl)c1Cl. The average Bonchev–Trinajstić information content (AvgIpc) is 2.50. The molecular weight excluding hydrogens is 305 g/mol. The van der Waals surface area contributed by atoms with Crippen LogP contribution in [-0.2, 0) is 13.2 Å². The summed E-state index contributed by atoms with van der Waals surface area (Å²) in [5.41, 5.74) is 2.39. The first-order valence-corrected chi connectivity index (χ1v) is 7.82. The number of rotatable bonds is 7. The van der Waals surface area contributed by atoms with Crippen LogP contribution in [0.5, 0.6) is 5.75 Å². The molecule has 0 amide bonds. The van der Waals surface area contributed by atoms with E-state index in [0.717, 1.165) is 25.1 Å². The van der Waals surface area contributed by atoms with Gasteiger partial charge in [0.1, 0.15) is 17.4 Å². The highest BCUT2D eigenvalue weighted by Gasteiger charge is 2.07. The molecular formula is C17H19Cl2NO. The second kappa shape index (κ2) is 8.28.